The van der Waals surface area contributed by atoms with Gasteiger partial charge in [-0.3, -0.25) is 9.59 Å². The van der Waals surface area contributed by atoms with E-state index >= 15 is 0 Å². The van der Waals surface area contributed by atoms with E-state index in [-0.39, 0.29) is 17.6 Å². The van der Waals surface area contributed by atoms with E-state index in [1.165, 1.54) is 12.0 Å². The number of ketones is 1. The minimum absolute atomic E-state index is 0.0292. The molecule has 1 fully saturated rings. The third-order valence-electron chi connectivity index (χ3n) is 5.32. The highest BCUT2D eigenvalue weighted by Gasteiger charge is 2.34. The molecule has 132 valence electrons. The van der Waals surface area contributed by atoms with Gasteiger partial charge in [-0.25, -0.2) is 4.79 Å². The van der Waals surface area contributed by atoms with Crippen molar-refractivity contribution in [3.63, 3.8) is 0 Å². The molecule has 0 radical (unpaired) electrons. The van der Waals surface area contributed by atoms with Gasteiger partial charge in [0, 0.05) is 31.3 Å². The third-order valence-corrected chi connectivity index (χ3v) is 5.32. The number of aromatic nitrogens is 1. The number of methoxy groups -OCH3 is 1. The van der Waals surface area contributed by atoms with Crippen LogP contribution in [0.25, 0.3) is 0 Å². The molecule has 1 heterocycles. The van der Waals surface area contributed by atoms with Gasteiger partial charge < -0.3 is 14.2 Å². The van der Waals surface area contributed by atoms with Crippen molar-refractivity contribution >= 4 is 17.7 Å². The van der Waals surface area contributed by atoms with Crippen molar-refractivity contribution in [1.29, 1.82) is 0 Å². The van der Waals surface area contributed by atoms with Crippen LogP contribution in [0.4, 0.5) is 0 Å². The average molecular weight is 334 g/mol. The predicted molar refractivity (Wildman–Crippen MR) is 90.1 cm³/mol. The molecule has 2 rings (SSSR count). The quantitative estimate of drug-likeness (QED) is 0.612. The number of ether oxygens (including phenoxy) is 1. The maximum absolute atomic E-state index is 13.0. The molecule has 1 atom stereocenters. The fraction of sp³-hybridized carbons (Fsp3) is 0.611. The molecular formula is C18H26N2O4. The Balaban J connectivity index is 2.32. The first-order valence-corrected chi connectivity index (χ1v) is 8.27. The first-order valence-electron chi connectivity index (χ1n) is 8.27. The summed E-state index contributed by atoms with van der Waals surface area (Å²) in [4.78, 5) is 38.9. The zero-order valence-corrected chi connectivity index (χ0v) is 15.3. The molecule has 1 aliphatic rings. The minimum Gasteiger partial charge on any atom is -0.464 e. The van der Waals surface area contributed by atoms with Gasteiger partial charge in [-0.2, -0.15) is 0 Å². The van der Waals surface area contributed by atoms with Crippen molar-refractivity contribution in [3.8, 4) is 0 Å². The molecule has 1 aromatic heterocycles. The lowest BCUT2D eigenvalue weighted by Crippen LogP contribution is -2.45. The van der Waals surface area contributed by atoms with Gasteiger partial charge in [0.2, 0.25) is 5.91 Å². The van der Waals surface area contributed by atoms with Crippen LogP contribution < -0.4 is 0 Å². The first-order chi connectivity index (χ1) is 11.2. The SMILES string of the molecule is COC(=O)c1c(C)c(C(=O)C(C)N(C)C(=O)C2CCC2)c(C)n1C. The van der Waals surface area contributed by atoms with Crippen LogP contribution in [-0.4, -0.2) is 47.3 Å². The van der Waals surface area contributed by atoms with Crippen LogP contribution >= 0.6 is 0 Å². The molecule has 24 heavy (non-hydrogen) atoms. The van der Waals surface area contributed by atoms with Gasteiger partial charge in [-0.15, -0.1) is 0 Å². The van der Waals surface area contributed by atoms with Crippen LogP contribution in [0.2, 0.25) is 0 Å². The minimum atomic E-state index is -0.566. The van der Waals surface area contributed by atoms with Gasteiger partial charge in [-0.05, 0) is 39.2 Å². The molecular weight excluding hydrogens is 308 g/mol. The highest BCUT2D eigenvalue weighted by atomic mass is 16.5. The molecule has 1 saturated carbocycles. The van der Waals surface area contributed by atoms with E-state index in [0.717, 1.165) is 19.3 Å². The Hall–Kier alpha value is -2.11. The van der Waals surface area contributed by atoms with Crippen LogP contribution in [0.3, 0.4) is 0 Å². The maximum atomic E-state index is 13.0. The fourth-order valence-electron chi connectivity index (χ4n) is 3.25. The summed E-state index contributed by atoms with van der Waals surface area (Å²) in [7, 11) is 4.73. The van der Waals surface area contributed by atoms with Crippen LogP contribution in [0.5, 0.6) is 0 Å². The van der Waals surface area contributed by atoms with Gasteiger partial charge in [0.25, 0.3) is 0 Å². The summed E-state index contributed by atoms with van der Waals surface area (Å²) < 4.78 is 6.49. The Bertz CT molecular complexity index is 686. The molecule has 1 aliphatic carbocycles. The number of likely N-dealkylation sites (N-methyl/N-ethyl adjacent to an activating group) is 1. The number of amides is 1. The molecule has 0 spiro atoms. The molecule has 1 aromatic rings. The monoisotopic (exact) mass is 334 g/mol. The van der Waals surface area contributed by atoms with Crippen LogP contribution in [0.15, 0.2) is 0 Å². The summed E-state index contributed by atoms with van der Waals surface area (Å²) >= 11 is 0. The molecule has 6 nitrogen and oxygen atoms in total. The fourth-order valence-corrected chi connectivity index (χ4v) is 3.25. The number of nitrogens with zero attached hydrogens (tertiary/aromatic N) is 2. The summed E-state index contributed by atoms with van der Waals surface area (Å²) in [6.45, 7) is 5.28. The number of hydrogen-bond donors (Lipinski definition) is 0. The van der Waals surface area contributed by atoms with E-state index in [9.17, 15) is 14.4 Å². The summed E-state index contributed by atoms with van der Waals surface area (Å²) in [5.74, 6) is -0.537. The number of rotatable bonds is 5. The van der Waals surface area contributed by atoms with Crippen LogP contribution in [-0.2, 0) is 16.6 Å². The van der Waals surface area contributed by atoms with Gasteiger partial charge in [0.15, 0.2) is 5.78 Å². The first kappa shape index (κ1) is 18.2. The Morgan fingerprint density at radius 1 is 1.25 bits per heavy atom. The predicted octanol–water partition coefficient (Wildman–Crippen LogP) is 2.26. The zero-order valence-electron chi connectivity index (χ0n) is 15.3. The van der Waals surface area contributed by atoms with Gasteiger partial charge in [-0.1, -0.05) is 6.42 Å². The van der Waals surface area contributed by atoms with Gasteiger partial charge in [0.1, 0.15) is 5.69 Å². The molecule has 1 amide bonds. The Morgan fingerprint density at radius 2 is 1.83 bits per heavy atom. The molecule has 1 unspecified atom stereocenters. The molecule has 0 saturated heterocycles. The van der Waals surface area contributed by atoms with Crippen LogP contribution in [0, 0.1) is 19.8 Å². The molecule has 0 N–H and O–H groups in total. The highest BCUT2D eigenvalue weighted by Crippen LogP contribution is 2.29. The Morgan fingerprint density at radius 3 is 2.29 bits per heavy atom. The number of hydrogen-bond acceptors (Lipinski definition) is 4. The molecule has 0 aromatic carbocycles. The number of carbonyl (C=O) groups excluding carboxylic acids is 3. The summed E-state index contributed by atoms with van der Waals surface area (Å²) in [6, 6.07) is -0.566. The number of esters is 1. The maximum Gasteiger partial charge on any atom is 0.354 e. The Labute approximate surface area is 142 Å². The van der Waals surface area contributed by atoms with E-state index in [1.54, 1.807) is 39.4 Å². The van der Waals surface area contributed by atoms with E-state index in [2.05, 4.69) is 0 Å². The summed E-state index contributed by atoms with van der Waals surface area (Å²) in [5, 5.41) is 0. The Kier molecular flexibility index (Phi) is 5.16. The summed E-state index contributed by atoms with van der Waals surface area (Å²) in [6.07, 6.45) is 2.88. The second-order valence-electron chi connectivity index (χ2n) is 6.60. The standard InChI is InChI=1S/C18H26N2O4/c1-10-14(11(2)19(4)15(10)18(23)24-6)16(21)12(3)20(5)17(22)13-8-7-9-13/h12-13H,7-9H2,1-6H3. The molecule has 0 bridgehead atoms. The van der Waals surface area contributed by atoms with Crippen LogP contribution in [0.1, 0.15) is 58.3 Å². The van der Waals surface area contributed by atoms with Crippen molar-refractivity contribution in [2.75, 3.05) is 14.2 Å². The lowest BCUT2D eigenvalue weighted by Gasteiger charge is -2.32. The van der Waals surface area contributed by atoms with Crippen molar-refractivity contribution in [2.45, 2.75) is 46.1 Å². The van der Waals surface area contributed by atoms with E-state index in [1.807, 2.05) is 0 Å². The van der Waals surface area contributed by atoms with Crippen molar-refractivity contribution in [1.82, 2.24) is 9.47 Å². The average Bonchev–Trinajstić information content (AvgIpc) is 2.72. The van der Waals surface area contributed by atoms with Gasteiger partial charge in [0.05, 0.1) is 13.2 Å². The third kappa shape index (κ3) is 2.85. The second kappa shape index (κ2) is 6.79. The second-order valence-corrected chi connectivity index (χ2v) is 6.60. The van der Waals surface area contributed by atoms with Gasteiger partial charge >= 0.3 is 5.97 Å². The van der Waals surface area contributed by atoms with Crippen molar-refractivity contribution in [2.24, 2.45) is 13.0 Å². The molecule has 0 aliphatic heterocycles. The number of carbonyl (C=O) groups is 3. The smallest absolute Gasteiger partial charge is 0.354 e. The number of Topliss-reactive ketones (excluding diaryl/α,β-unsaturated/α-hetero) is 1. The summed E-state index contributed by atoms with van der Waals surface area (Å²) in [5.41, 5.74) is 2.18. The van der Waals surface area contributed by atoms with E-state index in [0.29, 0.717) is 22.5 Å². The normalized spacial score (nSPS) is 15.6. The topological polar surface area (TPSA) is 68.6 Å². The molecule has 6 heteroatoms. The van der Waals surface area contributed by atoms with Crippen molar-refractivity contribution < 1.29 is 19.1 Å². The lowest BCUT2D eigenvalue weighted by atomic mass is 9.84. The van der Waals surface area contributed by atoms with E-state index < -0.39 is 12.0 Å². The lowest BCUT2D eigenvalue weighted by molar-refractivity contribution is -0.137. The largest absolute Gasteiger partial charge is 0.464 e. The van der Waals surface area contributed by atoms with E-state index in [4.69, 9.17) is 4.74 Å². The van der Waals surface area contributed by atoms with Crippen molar-refractivity contribution in [3.05, 3.63) is 22.5 Å². The highest BCUT2D eigenvalue weighted by molar-refractivity contribution is 6.06. The zero-order chi connectivity index (χ0) is 18.2.